The summed E-state index contributed by atoms with van der Waals surface area (Å²) >= 11 is 0. The largest absolute Gasteiger partial charge is 0.496 e. The van der Waals surface area contributed by atoms with Gasteiger partial charge in [-0.3, -0.25) is 0 Å². The number of hydrogen-bond donors (Lipinski definition) is 1. The van der Waals surface area contributed by atoms with Gasteiger partial charge in [-0.15, -0.1) is 0 Å². The first-order valence-electron chi connectivity index (χ1n) is 6.25. The highest BCUT2D eigenvalue weighted by atomic mass is 16.5. The summed E-state index contributed by atoms with van der Waals surface area (Å²) in [6, 6.07) is 11.1. The smallest absolute Gasteiger partial charge is 0.352 e. The van der Waals surface area contributed by atoms with Crippen LogP contribution in [0.2, 0.25) is 0 Å². The molecule has 0 radical (unpaired) electrons. The van der Waals surface area contributed by atoms with Crippen LogP contribution in [-0.4, -0.2) is 22.8 Å². The van der Waals surface area contributed by atoms with Crippen molar-refractivity contribution in [1.82, 2.24) is 4.57 Å². The van der Waals surface area contributed by atoms with Crippen LogP contribution in [0.3, 0.4) is 0 Å². The molecule has 1 heterocycles. The predicted molar refractivity (Wildman–Crippen MR) is 73.7 cm³/mol. The number of aromatic carboxylic acids is 1. The molecule has 2 rings (SSSR count). The minimum Gasteiger partial charge on any atom is -0.496 e. The number of carboxylic acids is 1. The summed E-state index contributed by atoms with van der Waals surface area (Å²) in [5, 5.41) is 9.23. The predicted octanol–water partition coefficient (Wildman–Crippen LogP) is 3.27. The molecule has 0 aliphatic heterocycles. The van der Waals surface area contributed by atoms with E-state index in [9.17, 15) is 9.90 Å². The highest BCUT2D eigenvalue weighted by molar-refractivity contribution is 5.88. The van der Waals surface area contributed by atoms with Crippen LogP contribution >= 0.6 is 0 Å². The Morgan fingerprint density at radius 1 is 1.26 bits per heavy atom. The number of carboxylic acid groups (broad SMARTS) is 1. The van der Waals surface area contributed by atoms with E-state index in [2.05, 4.69) is 0 Å². The number of nitrogens with zero attached hydrogens (tertiary/aromatic N) is 1. The average Bonchev–Trinajstić information content (AvgIpc) is 2.83. The van der Waals surface area contributed by atoms with Crippen molar-refractivity contribution in [2.24, 2.45) is 0 Å². The topological polar surface area (TPSA) is 51.5 Å². The number of methoxy groups -OCH3 is 1. The van der Waals surface area contributed by atoms with Crippen molar-refractivity contribution >= 4 is 5.97 Å². The third kappa shape index (κ3) is 2.47. The molecule has 19 heavy (non-hydrogen) atoms. The molecule has 0 saturated carbocycles. The fraction of sp³-hybridized carbons (Fsp3) is 0.267. The van der Waals surface area contributed by atoms with Crippen molar-refractivity contribution in [3.05, 3.63) is 42.1 Å². The SMILES string of the molecule is CCCn1c(C(=O)O)ccc1-c1ccccc1OC. The molecule has 100 valence electrons. The Bertz CT molecular complexity index is 587. The highest BCUT2D eigenvalue weighted by Gasteiger charge is 2.16. The number of carbonyl (C=O) groups is 1. The van der Waals surface area contributed by atoms with Gasteiger partial charge in [0.15, 0.2) is 0 Å². The van der Waals surface area contributed by atoms with Crippen LogP contribution in [0.15, 0.2) is 36.4 Å². The van der Waals surface area contributed by atoms with E-state index in [1.54, 1.807) is 13.2 Å². The Balaban J connectivity index is 2.58. The fourth-order valence-corrected chi connectivity index (χ4v) is 2.21. The van der Waals surface area contributed by atoms with Crippen LogP contribution < -0.4 is 4.74 Å². The lowest BCUT2D eigenvalue weighted by Gasteiger charge is -2.13. The molecule has 0 fully saturated rings. The standard InChI is InChI=1S/C15H17NO3/c1-3-10-16-12(8-9-13(16)15(17)18)11-6-4-5-7-14(11)19-2/h4-9H,3,10H2,1-2H3,(H,17,18). The molecule has 1 aromatic heterocycles. The molecule has 0 spiro atoms. The summed E-state index contributed by atoms with van der Waals surface area (Å²) in [7, 11) is 1.62. The minimum atomic E-state index is -0.908. The molecule has 4 heteroatoms. The van der Waals surface area contributed by atoms with Gasteiger partial charge in [-0.25, -0.2) is 4.79 Å². The number of aromatic nitrogens is 1. The summed E-state index contributed by atoms with van der Waals surface area (Å²) in [4.78, 5) is 11.2. The molecular formula is C15H17NO3. The molecule has 4 nitrogen and oxygen atoms in total. The molecule has 1 aromatic carbocycles. The fourth-order valence-electron chi connectivity index (χ4n) is 2.21. The van der Waals surface area contributed by atoms with Gasteiger partial charge < -0.3 is 14.4 Å². The van der Waals surface area contributed by atoms with E-state index >= 15 is 0 Å². The van der Waals surface area contributed by atoms with Gasteiger partial charge in [0.1, 0.15) is 11.4 Å². The summed E-state index contributed by atoms with van der Waals surface area (Å²) in [6.07, 6.45) is 0.872. The van der Waals surface area contributed by atoms with Crippen LogP contribution in [0.25, 0.3) is 11.3 Å². The van der Waals surface area contributed by atoms with Crippen molar-refractivity contribution in [2.75, 3.05) is 7.11 Å². The van der Waals surface area contributed by atoms with Crippen molar-refractivity contribution in [2.45, 2.75) is 19.9 Å². The van der Waals surface area contributed by atoms with Crippen LogP contribution in [0.5, 0.6) is 5.75 Å². The van der Waals surface area contributed by atoms with Crippen LogP contribution in [0, 0.1) is 0 Å². The van der Waals surface area contributed by atoms with Gasteiger partial charge in [0.2, 0.25) is 0 Å². The third-order valence-electron chi connectivity index (χ3n) is 3.03. The van der Waals surface area contributed by atoms with Gasteiger partial charge in [0.25, 0.3) is 0 Å². The second-order valence-electron chi connectivity index (χ2n) is 4.26. The maximum atomic E-state index is 11.2. The molecule has 1 N–H and O–H groups in total. The number of benzene rings is 1. The lowest BCUT2D eigenvalue weighted by Crippen LogP contribution is -2.09. The van der Waals surface area contributed by atoms with Gasteiger partial charge in [0.05, 0.1) is 12.8 Å². The van der Waals surface area contributed by atoms with E-state index in [4.69, 9.17) is 4.74 Å². The van der Waals surface area contributed by atoms with Gasteiger partial charge in [-0.2, -0.15) is 0 Å². The summed E-state index contributed by atoms with van der Waals surface area (Å²) in [5.41, 5.74) is 2.09. The maximum Gasteiger partial charge on any atom is 0.352 e. The monoisotopic (exact) mass is 259 g/mol. The van der Waals surface area contributed by atoms with Gasteiger partial charge in [0, 0.05) is 12.1 Å². The molecular weight excluding hydrogens is 242 g/mol. The number of hydrogen-bond acceptors (Lipinski definition) is 2. The Morgan fingerprint density at radius 3 is 2.63 bits per heavy atom. The lowest BCUT2D eigenvalue weighted by atomic mass is 10.1. The lowest BCUT2D eigenvalue weighted by molar-refractivity contribution is 0.0685. The Labute approximate surface area is 112 Å². The summed E-state index contributed by atoms with van der Waals surface area (Å²) in [5.74, 6) is -0.163. The first-order chi connectivity index (χ1) is 9.19. The second kappa shape index (κ2) is 5.61. The zero-order chi connectivity index (χ0) is 13.8. The maximum absolute atomic E-state index is 11.2. The van der Waals surface area contributed by atoms with Crippen LogP contribution in [0.4, 0.5) is 0 Å². The summed E-state index contributed by atoms with van der Waals surface area (Å²) < 4.78 is 7.16. The first-order valence-corrected chi connectivity index (χ1v) is 6.25. The van der Waals surface area contributed by atoms with Crippen molar-refractivity contribution in [1.29, 1.82) is 0 Å². The molecule has 0 amide bonds. The Hall–Kier alpha value is -2.23. The van der Waals surface area contributed by atoms with Crippen molar-refractivity contribution in [3.8, 4) is 17.0 Å². The van der Waals surface area contributed by atoms with Crippen LogP contribution in [-0.2, 0) is 6.54 Å². The molecule has 0 aliphatic rings. The van der Waals surface area contributed by atoms with Gasteiger partial charge >= 0.3 is 5.97 Å². The molecule has 0 saturated heterocycles. The van der Waals surface area contributed by atoms with Crippen molar-refractivity contribution < 1.29 is 14.6 Å². The quantitative estimate of drug-likeness (QED) is 0.896. The minimum absolute atomic E-state index is 0.308. The zero-order valence-corrected chi connectivity index (χ0v) is 11.1. The molecule has 2 aromatic rings. The normalized spacial score (nSPS) is 10.4. The Kier molecular flexibility index (Phi) is 3.90. The van der Waals surface area contributed by atoms with Gasteiger partial charge in [-0.1, -0.05) is 19.1 Å². The molecule has 0 aliphatic carbocycles. The molecule has 0 atom stereocenters. The summed E-state index contributed by atoms with van der Waals surface area (Å²) in [6.45, 7) is 2.69. The van der Waals surface area contributed by atoms with Gasteiger partial charge in [-0.05, 0) is 30.7 Å². The van der Waals surface area contributed by atoms with E-state index in [1.165, 1.54) is 0 Å². The highest BCUT2D eigenvalue weighted by Crippen LogP contribution is 2.31. The van der Waals surface area contributed by atoms with E-state index in [0.29, 0.717) is 12.2 Å². The van der Waals surface area contributed by atoms with E-state index in [-0.39, 0.29) is 0 Å². The average molecular weight is 259 g/mol. The number of ether oxygens (including phenoxy) is 1. The Morgan fingerprint density at radius 2 is 2.00 bits per heavy atom. The number of rotatable bonds is 5. The van der Waals surface area contributed by atoms with E-state index in [0.717, 1.165) is 23.4 Å². The first kappa shape index (κ1) is 13.2. The van der Waals surface area contributed by atoms with E-state index in [1.807, 2.05) is 41.8 Å². The van der Waals surface area contributed by atoms with Crippen LogP contribution in [0.1, 0.15) is 23.8 Å². The van der Waals surface area contributed by atoms with Crippen molar-refractivity contribution in [3.63, 3.8) is 0 Å². The molecule has 0 bridgehead atoms. The molecule has 0 unspecified atom stereocenters. The zero-order valence-electron chi connectivity index (χ0n) is 11.1. The van der Waals surface area contributed by atoms with E-state index < -0.39 is 5.97 Å². The number of para-hydroxylation sites is 1. The second-order valence-corrected chi connectivity index (χ2v) is 4.26. The third-order valence-corrected chi connectivity index (χ3v) is 3.03.